The number of hydrogen-bond acceptors (Lipinski definition) is 3. The van der Waals surface area contributed by atoms with Crippen molar-refractivity contribution in [1.29, 1.82) is 0 Å². The highest BCUT2D eigenvalue weighted by Crippen LogP contribution is 2.36. The number of nitrogens with two attached hydrogens (primary N) is 1. The van der Waals surface area contributed by atoms with Crippen LogP contribution in [0.3, 0.4) is 0 Å². The van der Waals surface area contributed by atoms with Gasteiger partial charge in [0.25, 0.3) is 0 Å². The van der Waals surface area contributed by atoms with Gasteiger partial charge in [-0.05, 0) is 19.1 Å². The van der Waals surface area contributed by atoms with Crippen molar-refractivity contribution < 1.29 is 9.47 Å². The van der Waals surface area contributed by atoms with Gasteiger partial charge in [-0.25, -0.2) is 0 Å². The second kappa shape index (κ2) is 6.30. The predicted octanol–water partition coefficient (Wildman–Crippen LogP) is 3.04. The van der Waals surface area contributed by atoms with Crippen LogP contribution >= 0.6 is 23.2 Å². The van der Waals surface area contributed by atoms with E-state index in [1.54, 1.807) is 19.2 Å². The molecule has 0 aliphatic carbocycles. The highest BCUT2D eigenvalue weighted by Gasteiger charge is 2.15. The first-order valence-electron chi connectivity index (χ1n) is 4.94. The summed E-state index contributed by atoms with van der Waals surface area (Å²) in [6.45, 7) is 2.86. The van der Waals surface area contributed by atoms with Crippen LogP contribution in [0.5, 0.6) is 5.75 Å². The van der Waals surface area contributed by atoms with Crippen LogP contribution in [0.4, 0.5) is 0 Å². The highest BCUT2D eigenvalue weighted by molar-refractivity contribution is 6.35. The van der Waals surface area contributed by atoms with Crippen molar-refractivity contribution in [2.24, 2.45) is 5.73 Å². The SMILES string of the molecule is COc1c(Cl)cc(Cl)cc1C(C)OCCN. The van der Waals surface area contributed by atoms with Crippen molar-refractivity contribution in [2.45, 2.75) is 13.0 Å². The van der Waals surface area contributed by atoms with Crippen LogP contribution in [0.1, 0.15) is 18.6 Å². The van der Waals surface area contributed by atoms with E-state index in [0.29, 0.717) is 28.9 Å². The van der Waals surface area contributed by atoms with E-state index in [4.69, 9.17) is 38.4 Å². The summed E-state index contributed by atoms with van der Waals surface area (Å²) in [5.74, 6) is 0.593. The summed E-state index contributed by atoms with van der Waals surface area (Å²) in [5, 5.41) is 1.04. The maximum Gasteiger partial charge on any atom is 0.143 e. The molecule has 0 aromatic heterocycles. The van der Waals surface area contributed by atoms with Crippen LogP contribution in [0.15, 0.2) is 12.1 Å². The van der Waals surface area contributed by atoms with Crippen LogP contribution < -0.4 is 10.5 Å². The van der Waals surface area contributed by atoms with E-state index in [0.717, 1.165) is 5.56 Å². The van der Waals surface area contributed by atoms with Crippen molar-refractivity contribution in [3.05, 3.63) is 27.7 Å². The fourth-order valence-corrected chi connectivity index (χ4v) is 2.02. The molecular formula is C11H15Cl2NO2. The van der Waals surface area contributed by atoms with Crippen molar-refractivity contribution in [1.82, 2.24) is 0 Å². The van der Waals surface area contributed by atoms with E-state index in [-0.39, 0.29) is 6.10 Å². The number of ether oxygens (including phenoxy) is 2. The number of methoxy groups -OCH3 is 1. The molecule has 0 bridgehead atoms. The summed E-state index contributed by atoms with van der Waals surface area (Å²) in [6.07, 6.45) is -0.158. The van der Waals surface area contributed by atoms with Crippen molar-refractivity contribution in [2.75, 3.05) is 20.3 Å². The monoisotopic (exact) mass is 263 g/mol. The smallest absolute Gasteiger partial charge is 0.143 e. The van der Waals surface area contributed by atoms with E-state index in [1.165, 1.54) is 0 Å². The standard InChI is InChI=1S/C11H15Cl2NO2/c1-7(16-4-3-14)9-5-8(12)6-10(13)11(9)15-2/h5-7H,3-4,14H2,1-2H3. The Balaban J connectivity index is 3.00. The maximum atomic E-state index is 6.02. The highest BCUT2D eigenvalue weighted by atomic mass is 35.5. The topological polar surface area (TPSA) is 44.5 Å². The molecule has 1 aromatic carbocycles. The summed E-state index contributed by atoms with van der Waals surface area (Å²) in [6, 6.07) is 3.43. The third-order valence-electron chi connectivity index (χ3n) is 2.16. The minimum absolute atomic E-state index is 0.158. The van der Waals surface area contributed by atoms with Gasteiger partial charge in [-0.2, -0.15) is 0 Å². The van der Waals surface area contributed by atoms with E-state index in [9.17, 15) is 0 Å². The van der Waals surface area contributed by atoms with E-state index in [2.05, 4.69) is 0 Å². The maximum absolute atomic E-state index is 6.02. The molecule has 0 radical (unpaired) electrons. The molecule has 1 unspecified atom stereocenters. The van der Waals surface area contributed by atoms with Crippen molar-refractivity contribution in [3.8, 4) is 5.75 Å². The lowest BCUT2D eigenvalue weighted by Gasteiger charge is -2.17. The van der Waals surface area contributed by atoms with Gasteiger partial charge in [-0.15, -0.1) is 0 Å². The van der Waals surface area contributed by atoms with Crippen LogP contribution in [0, 0.1) is 0 Å². The van der Waals surface area contributed by atoms with E-state index in [1.807, 2.05) is 6.92 Å². The molecule has 1 aromatic rings. The zero-order chi connectivity index (χ0) is 12.1. The lowest BCUT2D eigenvalue weighted by Crippen LogP contribution is -2.11. The first-order valence-corrected chi connectivity index (χ1v) is 5.70. The minimum atomic E-state index is -0.158. The molecule has 3 nitrogen and oxygen atoms in total. The Bertz CT molecular complexity index is 358. The molecule has 1 atom stereocenters. The molecule has 1 rings (SSSR count). The Morgan fingerprint density at radius 3 is 2.62 bits per heavy atom. The molecule has 0 aliphatic heterocycles. The Morgan fingerprint density at radius 2 is 2.06 bits per heavy atom. The van der Waals surface area contributed by atoms with Crippen molar-refractivity contribution >= 4 is 23.2 Å². The molecule has 0 spiro atoms. The molecule has 0 saturated heterocycles. The van der Waals surface area contributed by atoms with Gasteiger partial charge in [0.1, 0.15) is 5.75 Å². The van der Waals surface area contributed by atoms with E-state index >= 15 is 0 Å². The Morgan fingerprint density at radius 1 is 1.38 bits per heavy atom. The molecule has 16 heavy (non-hydrogen) atoms. The average Bonchev–Trinajstić information content (AvgIpc) is 2.24. The second-order valence-electron chi connectivity index (χ2n) is 3.31. The van der Waals surface area contributed by atoms with Crippen LogP contribution in [-0.2, 0) is 4.74 Å². The zero-order valence-corrected chi connectivity index (χ0v) is 10.8. The van der Waals surface area contributed by atoms with Gasteiger partial charge in [0, 0.05) is 17.1 Å². The Hall–Kier alpha value is -0.480. The molecule has 0 saturated carbocycles. The molecule has 0 aliphatic rings. The fraction of sp³-hybridized carbons (Fsp3) is 0.455. The van der Waals surface area contributed by atoms with Crippen LogP contribution in [0.25, 0.3) is 0 Å². The second-order valence-corrected chi connectivity index (χ2v) is 4.16. The van der Waals surface area contributed by atoms with Crippen LogP contribution in [0.2, 0.25) is 10.0 Å². The Kier molecular flexibility index (Phi) is 5.35. The number of benzene rings is 1. The van der Waals surface area contributed by atoms with Gasteiger partial charge >= 0.3 is 0 Å². The molecule has 5 heteroatoms. The summed E-state index contributed by atoms with van der Waals surface area (Å²) in [5.41, 5.74) is 6.20. The summed E-state index contributed by atoms with van der Waals surface area (Å²) >= 11 is 12.0. The Labute approximate surface area is 105 Å². The lowest BCUT2D eigenvalue weighted by atomic mass is 10.1. The fourth-order valence-electron chi connectivity index (χ4n) is 1.43. The van der Waals surface area contributed by atoms with Gasteiger partial charge in [0.05, 0.1) is 24.8 Å². The quantitative estimate of drug-likeness (QED) is 0.888. The van der Waals surface area contributed by atoms with Gasteiger partial charge in [0.15, 0.2) is 0 Å². The van der Waals surface area contributed by atoms with Crippen molar-refractivity contribution in [3.63, 3.8) is 0 Å². The van der Waals surface area contributed by atoms with Gasteiger partial charge < -0.3 is 15.2 Å². The number of halogens is 2. The summed E-state index contributed by atoms with van der Waals surface area (Å²) in [7, 11) is 1.56. The first kappa shape index (κ1) is 13.6. The first-order chi connectivity index (χ1) is 7.60. The molecular weight excluding hydrogens is 249 g/mol. The average molecular weight is 264 g/mol. The van der Waals surface area contributed by atoms with Gasteiger partial charge in [-0.3, -0.25) is 0 Å². The molecule has 0 amide bonds. The normalized spacial score (nSPS) is 12.6. The number of rotatable bonds is 5. The van der Waals surface area contributed by atoms with E-state index < -0.39 is 0 Å². The largest absolute Gasteiger partial charge is 0.495 e. The molecule has 2 N–H and O–H groups in total. The number of hydrogen-bond donors (Lipinski definition) is 1. The molecule has 90 valence electrons. The molecule has 0 fully saturated rings. The summed E-state index contributed by atoms with van der Waals surface area (Å²) in [4.78, 5) is 0. The minimum Gasteiger partial charge on any atom is -0.495 e. The third kappa shape index (κ3) is 3.25. The third-order valence-corrected chi connectivity index (χ3v) is 2.66. The van der Waals surface area contributed by atoms with Crippen LogP contribution in [-0.4, -0.2) is 20.3 Å². The predicted molar refractivity (Wildman–Crippen MR) is 66.4 cm³/mol. The lowest BCUT2D eigenvalue weighted by molar-refractivity contribution is 0.0700. The molecule has 0 heterocycles. The summed E-state index contributed by atoms with van der Waals surface area (Å²) < 4.78 is 10.7. The van der Waals surface area contributed by atoms with Gasteiger partial charge in [0.2, 0.25) is 0 Å². The zero-order valence-electron chi connectivity index (χ0n) is 9.30. The van der Waals surface area contributed by atoms with Gasteiger partial charge in [-0.1, -0.05) is 23.2 Å².